The van der Waals surface area contributed by atoms with Gasteiger partial charge in [-0.2, -0.15) is 4.98 Å². The summed E-state index contributed by atoms with van der Waals surface area (Å²) in [7, 11) is 0. The number of nitrogens with one attached hydrogen (secondary N) is 1. The van der Waals surface area contributed by atoms with E-state index in [1.54, 1.807) is 19.3 Å². The highest BCUT2D eigenvalue weighted by atomic mass is 32.1. The highest BCUT2D eigenvalue weighted by Gasteiger charge is 2.27. The van der Waals surface area contributed by atoms with Crippen molar-refractivity contribution in [3.05, 3.63) is 46.4 Å². The number of pyridine rings is 1. The van der Waals surface area contributed by atoms with Crippen molar-refractivity contribution in [1.82, 2.24) is 15.1 Å². The molecule has 0 saturated carbocycles. The number of carbonyl (C=O) groups is 2. The Labute approximate surface area is 184 Å². The monoisotopic (exact) mass is 440 g/mol. The van der Waals surface area contributed by atoms with Crippen LogP contribution in [0.2, 0.25) is 0 Å². The lowest BCUT2D eigenvalue weighted by atomic mass is 9.95. The number of carbonyl (C=O) groups excluding carboxylic acids is 2. The number of fused-ring (bicyclic) bond motifs is 1. The van der Waals surface area contributed by atoms with Crippen LogP contribution < -0.4 is 5.32 Å². The second-order valence-corrected chi connectivity index (χ2v) is 8.40. The average molecular weight is 441 g/mol. The predicted molar refractivity (Wildman–Crippen MR) is 116 cm³/mol. The molecule has 8 nitrogen and oxygen atoms in total. The van der Waals surface area contributed by atoms with Gasteiger partial charge in [0.25, 0.3) is 0 Å². The number of hydrogen-bond donors (Lipinski definition) is 1. The normalized spacial score (nSPS) is 12.9. The Morgan fingerprint density at radius 3 is 2.97 bits per heavy atom. The summed E-state index contributed by atoms with van der Waals surface area (Å²) >= 11 is 1.50. The second kappa shape index (κ2) is 9.82. The Bertz CT molecular complexity index is 1060. The highest BCUT2D eigenvalue weighted by molar-refractivity contribution is 7.17. The van der Waals surface area contributed by atoms with Crippen LogP contribution in [0.3, 0.4) is 0 Å². The number of rotatable bonds is 8. The van der Waals surface area contributed by atoms with Crippen LogP contribution in [0.4, 0.5) is 5.00 Å². The van der Waals surface area contributed by atoms with Crippen LogP contribution in [-0.4, -0.2) is 33.6 Å². The number of amides is 1. The van der Waals surface area contributed by atoms with Crippen LogP contribution in [0.1, 0.15) is 59.3 Å². The van der Waals surface area contributed by atoms with Gasteiger partial charge >= 0.3 is 5.97 Å². The van der Waals surface area contributed by atoms with E-state index in [4.69, 9.17) is 9.26 Å². The van der Waals surface area contributed by atoms with Crippen molar-refractivity contribution in [2.45, 2.75) is 51.9 Å². The lowest BCUT2D eigenvalue weighted by molar-refractivity contribution is -0.116. The van der Waals surface area contributed by atoms with Crippen molar-refractivity contribution >= 4 is 28.2 Å². The largest absolute Gasteiger partial charge is 0.462 e. The molecule has 0 bridgehead atoms. The smallest absolute Gasteiger partial charge is 0.341 e. The van der Waals surface area contributed by atoms with Gasteiger partial charge in [0.15, 0.2) is 0 Å². The standard InChI is InChI=1S/C22H24N4O4S/c1-2-29-22(28)19-15-8-3-4-9-16(15)31-21(19)24-17(27)10-5-11-18-25-20(26-30-18)14-7-6-12-23-13-14/h6-7,12-13H,2-5,8-11H2,1H3,(H,24,27). The van der Waals surface area contributed by atoms with Crippen LogP contribution in [-0.2, 0) is 28.8 Å². The molecule has 3 aromatic rings. The minimum atomic E-state index is -0.356. The summed E-state index contributed by atoms with van der Waals surface area (Å²) in [5.74, 6) is 0.461. The van der Waals surface area contributed by atoms with Crippen molar-refractivity contribution in [1.29, 1.82) is 0 Å². The van der Waals surface area contributed by atoms with Crippen molar-refractivity contribution in [2.75, 3.05) is 11.9 Å². The molecule has 0 aliphatic heterocycles. The SMILES string of the molecule is CCOC(=O)c1c(NC(=O)CCCc2nc(-c3cccnc3)no2)sc2c1CCCC2. The lowest BCUT2D eigenvalue weighted by Gasteiger charge is -2.12. The van der Waals surface area contributed by atoms with Gasteiger partial charge in [0.2, 0.25) is 17.6 Å². The maximum Gasteiger partial charge on any atom is 0.341 e. The molecule has 0 radical (unpaired) electrons. The van der Waals surface area contributed by atoms with E-state index in [2.05, 4.69) is 20.4 Å². The molecule has 1 N–H and O–H groups in total. The zero-order valence-corrected chi connectivity index (χ0v) is 18.2. The van der Waals surface area contributed by atoms with E-state index in [1.165, 1.54) is 16.2 Å². The molecule has 0 atom stereocenters. The molecule has 0 spiro atoms. The summed E-state index contributed by atoms with van der Waals surface area (Å²) in [6.07, 6.45) is 8.64. The third kappa shape index (κ3) is 4.99. The molecule has 1 amide bonds. The van der Waals surface area contributed by atoms with Gasteiger partial charge < -0.3 is 14.6 Å². The van der Waals surface area contributed by atoms with Crippen LogP contribution in [0.15, 0.2) is 29.0 Å². The third-order valence-electron chi connectivity index (χ3n) is 5.09. The number of hydrogen-bond acceptors (Lipinski definition) is 8. The predicted octanol–water partition coefficient (Wildman–Crippen LogP) is 4.21. The Hall–Kier alpha value is -3.07. The number of aryl methyl sites for hydroxylation is 2. The van der Waals surface area contributed by atoms with E-state index in [0.717, 1.165) is 36.8 Å². The molecule has 1 aliphatic carbocycles. The van der Waals surface area contributed by atoms with E-state index >= 15 is 0 Å². The van der Waals surface area contributed by atoms with E-state index in [-0.39, 0.29) is 18.3 Å². The fraction of sp³-hybridized carbons (Fsp3) is 0.409. The summed E-state index contributed by atoms with van der Waals surface area (Å²) in [4.78, 5) is 34.6. The minimum Gasteiger partial charge on any atom is -0.462 e. The van der Waals surface area contributed by atoms with Gasteiger partial charge in [-0.1, -0.05) is 5.16 Å². The number of anilines is 1. The topological polar surface area (TPSA) is 107 Å². The highest BCUT2D eigenvalue weighted by Crippen LogP contribution is 2.38. The lowest BCUT2D eigenvalue weighted by Crippen LogP contribution is -2.15. The fourth-order valence-corrected chi connectivity index (χ4v) is 4.92. The summed E-state index contributed by atoms with van der Waals surface area (Å²) in [6, 6.07) is 3.67. The Morgan fingerprint density at radius 2 is 2.16 bits per heavy atom. The van der Waals surface area contributed by atoms with E-state index in [0.29, 0.717) is 41.7 Å². The van der Waals surface area contributed by atoms with Gasteiger partial charge in [0.1, 0.15) is 5.00 Å². The maximum absolute atomic E-state index is 12.5. The summed E-state index contributed by atoms with van der Waals surface area (Å²) in [5, 5.41) is 7.49. The Balaban J connectivity index is 1.36. The zero-order valence-electron chi connectivity index (χ0n) is 17.3. The molecule has 0 unspecified atom stereocenters. The first-order valence-corrected chi connectivity index (χ1v) is 11.3. The summed E-state index contributed by atoms with van der Waals surface area (Å²) < 4.78 is 10.5. The maximum atomic E-state index is 12.5. The molecular weight excluding hydrogens is 416 g/mol. The molecule has 0 fully saturated rings. The quantitative estimate of drug-likeness (QED) is 0.523. The average Bonchev–Trinajstić information content (AvgIpc) is 3.39. The number of aromatic nitrogens is 3. The number of esters is 1. The Morgan fingerprint density at radius 1 is 1.29 bits per heavy atom. The molecular formula is C22H24N4O4S. The molecule has 0 saturated heterocycles. The summed E-state index contributed by atoms with van der Waals surface area (Å²) in [6.45, 7) is 2.09. The molecule has 3 heterocycles. The molecule has 4 rings (SSSR count). The van der Waals surface area contributed by atoms with Crippen molar-refractivity contribution in [3.63, 3.8) is 0 Å². The first-order valence-electron chi connectivity index (χ1n) is 10.5. The summed E-state index contributed by atoms with van der Waals surface area (Å²) in [5.41, 5.74) is 2.36. The van der Waals surface area contributed by atoms with Gasteiger partial charge in [0.05, 0.1) is 12.2 Å². The van der Waals surface area contributed by atoms with Crippen LogP contribution >= 0.6 is 11.3 Å². The van der Waals surface area contributed by atoms with E-state index in [1.807, 2.05) is 12.1 Å². The number of nitrogens with zero attached hydrogens (tertiary/aromatic N) is 3. The van der Waals surface area contributed by atoms with Gasteiger partial charge in [-0.3, -0.25) is 9.78 Å². The first-order chi connectivity index (χ1) is 15.2. The van der Waals surface area contributed by atoms with Crippen molar-refractivity contribution < 1.29 is 18.8 Å². The van der Waals surface area contributed by atoms with Crippen LogP contribution in [0.5, 0.6) is 0 Å². The first kappa shape index (κ1) is 21.2. The van der Waals surface area contributed by atoms with E-state index < -0.39 is 0 Å². The molecule has 1 aliphatic rings. The van der Waals surface area contributed by atoms with Gasteiger partial charge in [-0.25, -0.2) is 4.79 Å². The van der Waals surface area contributed by atoms with E-state index in [9.17, 15) is 9.59 Å². The number of thiophene rings is 1. The fourth-order valence-electron chi connectivity index (χ4n) is 3.63. The molecule has 162 valence electrons. The molecule has 3 aromatic heterocycles. The second-order valence-electron chi connectivity index (χ2n) is 7.29. The minimum absolute atomic E-state index is 0.142. The molecule has 9 heteroatoms. The van der Waals surface area contributed by atoms with Crippen LogP contribution in [0.25, 0.3) is 11.4 Å². The van der Waals surface area contributed by atoms with Gasteiger partial charge in [-0.15, -0.1) is 11.3 Å². The van der Waals surface area contributed by atoms with Crippen molar-refractivity contribution in [2.24, 2.45) is 0 Å². The number of ether oxygens (including phenoxy) is 1. The Kier molecular flexibility index (Phi) is 6.71. The van der Waals surface area contributed by atoms with Gasteiger partial charge in [-0.05, 0) is 56.7 Å². The van der Waals surface area contributed by atoms with Gasteiger partial charge in [0, 0.05) is 35.7 Å². The molecule has 31 heavy (non-hydrogen) atoms. The zero-order chi connectivity index (χ0) is 21.6. The van der Waals surface area contributed by atoms with Crippen LogP contribution in [0, 0.1) is 0 Å². The third-order valence-corrected chi connectivity index (χ3v) is 6.29. The van der Waals surface area contributed by atoms with Crippen molar-refractivity contribution in [3.8, 4) is 11.4 Å². The molecule has 0 aromatic carbocycles.